The first-order valence-corrected chi connectivity index (χ1v) is 4.76. The molecule has 0 heterocycles. The zero-order valence-electron chi connectivity index (χ0n) is 8.07. The predicted octanol–water partition coefficient (Wildman–Crippen LogP) is 3.42. The van der Waals surface area contributed by atoms with E-state index in [0.717, 1.165) is 25.2 Å². The molecule has 1 rings (SSSR count). The van der Waals surface area contributed by atoms with Crippen molar-refractivity contribution in [3.63, 3.8) is 0 Å². The van der Waals surface area contributed by atoms with Crippen molar-refractivity contribution < 1.29 is 4.74 Å². The summed E-state index contributed by atoms with van der Waals surface area (Å²) in [4.78, 5) is 0. The molecule has 0 saturated carbocycles. The van der Waals surface area contributed by atoms with Gasteiger partial charge in [-0.25, -0.2) is 0 Å². The van der Waals surface area contributed by atoms with Crippen molar-refractivity contribution >= 4 is 0 Å². The van der Waals surface area contributed by atoms with Gasteiger partial charge >= 0.3 is 0 Å². The summed E-state index contributed by atoms with van der Waals surface area (Å²) in [6, 6.07) is 9.91. The number of ether oxygens (including phenoxy) is 1. The molecule has 0 aromatic heterocycles. The van der Waals surface area contributed by atoms with Gasteiger partial charge in [-0.05, 0) is 25.0 Å². The molecule has 13 heavy (non-hydrogen) atoms. The van der Waals surface area contributed by atoms with Crippen LogP contribution in [0.4, 0.5) is 0 Å². The molecule has 0 N–H and O–H groups in total. The molecule has 0 radical (unpaired) electrons. The lowest BCUT2D eigenvalue weighted by atomic mass is 10.3. The first kappa shape index (κ1) is 9.85. The van der Waals surface area contributed by atoms with Crippen LogP contribution < -0.4 is 4.74 Å². The van der Waals surface area contributed by atoms with Crippen LogP contribution in [0, 0.1) is 0 Å². The highest BCUT2D eigenvalue weighted by Gasteiger charge is 1.87. The monoisotopic (exact) mass is 176 g/mol. The van der Waals surface area contributed by atoms with E-state index in [1.807, 2.05) is 30.3 Å². The van der Waals surface area contributed by atoms with Crippen LogP contribution in [0.3, 0.4) is 0 Å². The normalized spacial score (nSPS) is 10.5. The van der Waals surface area contributed by atoms with Gasteiger partial charge < -0.3 is 4.74 Å². The van der Waals surface area contributed by atoms with E-state index < -0.39 is 0 Å². The Hall–Kier alpha value is -1.24. The van der Waals surface area contributed by atoms with Crippen LogP contribution in [0.2, 0.25) is 0 Å². The second kappa shape index (κ2) is 6.30. The van der Waals surface area contributed by atoms with E-state index in [-0.39, 0.29) is 0 Å². The first-order chi connectivity index (χ1) is 6.43. The molecule has 0 spiro atoms. The van der Waals surface area contributed by atoms with Crippen molar-refractivity contribution in [1.82, 2.24) is 0 Å². The lowest BCUT2D eigenvalue weighted by molar-refractivity contribution is 0.325. The standard InChI is InChI=1S/C12H16O/c1-2-3-4-8-11-13-12-9-6-5-7-10-12/h3-7,9-10H,2,8,11H2,1H3/b4-3-. The smallest absolute Gasteiger partial charge is 0.119 e. The van der Waals surface area contributed by atoms with E-state index in [9.17, 15) is 0 Å². The minimum Gasteiger partial charge on any atom is -0.493 e. The van der Waals surface area contributed by atoms with Crippen LogP contribution in [0.1, 0.15) is 19.8 Å². The van der Waals surface area contributed by atoms with Crippen molar-refractivity contribution in [2.24, 2.45) is 0 Å². The quantitative estimate of drug-likeness (QED) is 0.493. The van der Waals surface area contributed by atoms with E-state index in [0.29, 0.717) is 0 Å². The Kier molecular flexibility index (Phi) is 4.77. The Bertz CT molecular complexity index is 239. The highest BCUT2D eigenvalue weighted by Crippen LogP contribution is 2.08. The van der Waals surface area contributed by atoms with Crippen molar-refractivity contribution in [3.8, 4) is 5.75 Å². The van der Waals surface area contributed by atoms with Crippen molar-refractivity contribution in [2.75, 3.05) is 6.61 Å². The number of para-hydroxylation sites is 1. The van der Waals surface area contributed by atoms with Crippen molar-refractivity contribution in [2.45, 2.75) is 19.8 Å². The predicted molar refractivity (Wildman–Crippen MR) is 56.0 cm³/mol. The fraction of sp³-hybridized carbons (Fsp3) is 0.333. The van der Waals surface area contributed by atoms with Crippen molar-refractivity contribution in [3.05, 3.63) is 42.5 Å². The Balaban J connectivity index is 2.17. The van der Waals surface area contributed by atoms with Crippen LogP contribution in [0.15, 0.2) is 42.5 Å². The van der Waals surface area contributed by atoms with Gasteiger partial charge in [-0.15, -0.1) is 0 Å². The summed E-state index contributed by atoms with van der Waals surface area (Å²) >= 11 is 0. The molecule has 0 bridgehead atoms. The van der Waals surface area contributed by atoms with Gasteiger partial charge in [-0.2, -0.15) is 0 Å². The average molecular weight is 176 g/mol. The second-order valence-corrected chi connectivity index (χ2v) is 2.83. The molecule has 1 heteroatoms. The number of hydrogen-bond donors (Lipinski definition) is 0. The minimum atomic E-state index is 0.764. The lowest BCUT2D eigenvalue weighted by Crippen LogP contribution is -1.94. The second-order valence-electron chi connectivity index (χ2n) is 2.83. The van der Waals surface area contributed by atoms with Crippen molar-refractivity contribution in [1.29, 1.82) is 0 Å². The maximum atomic E-state index is 5.50. The Morgan fingerprint density at radius 3 is 2.62 bits per heavy atom. The molecule has 0 amide bonds. The summed E-state index contributed by atoms with van der Waals surface area (Å²) < 4.78 is 5.50. The third kappa shape index (κ3) is 4.36. The number of allylic oxidation sites excluding steroid dienone is 1. The minimum absolute atomic E-state index is 0.764. The summed E-state index contributed by atoms with van der Waals surface area (Å²) in [6.07, 6.45) is 6.41. The number of hydrogen-bond acceptors (Lipinski definition) is 1. The van der Waals surface area contributed by atoms with Gasteiger partial charge in [-0.3, -0.25) is 0 Å². The highest BCUT2D eigenvalue weighted by atomic mass is 16.5. The molecule has 1 aromatic rings. The Labute approximate surface area is 80.0 Å². The molecule has 0 fully saturated rings. The van der Waals surface area contributed by atoms with Gasteiger partial charge in [0.05, 0.1) is 6.61 Å². The molecule has 0 aliphatic carbocycles. The topological polar surface area (TPSA) is 9.23 Å². The molecule has 0 aliphatic rings. The SMILES string of the molecule is CC/C=C\CCOc1ccccc1. The zero-order chi connectivity index (χ0) is 9.36. The average Bonchev–Trinajstić information content (AvgIpc) is 2.19. The highest BCUT2D eigenvalue weighted by molar-refractivity contribution is 5.20. The Morgan fingerprint density at radius 2 is 1.92 bits per heavy atom. The summed E-state index contributed by atoms with van der Waals surface area (Å²) in [7, 11) is 0. The maximum Gasteiger partial charge on any atom is 0.119 e. The third-order valence-electron chi connectivity index (χ3n) is 1.70. The molecule has 0 unspecified atom stereocenters. The van der Waals surface area contributed by atoms with Crippen LogP contribution in [0.25, 0.3) is 0 Å². The molecule has 0 atom stereocenters. The van der Waals surface area contributed by atoms with E-state index >= 15 is 0 Å². The fourth-order valence-electron chi connectivity index (χ4n) is 1.05. The van der Waals surface area contributed by atoms with Gasteiger partial charge in [0.25, 0.3) is 0 Å². The fourth-order valence-corrected chi connectivity index (χ4v) is 1.05. The molecular weight excluding hydrogens is 160 g/mol. The van der Waals surface area contributed by atoms with Gasteiger partial charge in [0.15, 0.2) is 0 Å². The molecule has 1 nitrogen and oxygen atoms in total. The summed E-state index contributed by atoms with van der Waals surface area (Å²) in [5.74, 6) is 0.951. The molecule has 0 saturated heterocycles. The summed E-state index contributed by atoms with van der Waals surface area (Å²) in [5, 5.41) is 0. The number of benzene rings is 1. The van der Waals surface area contributed by atoms with E-state index in [4.69, 9.17) is 4.74 Å². The van der Waals surface area contributed by atoms with Crippen LogP contribution >= 0.6 is 0 Å². The maximum absolute atomic E-state index is 5.50. The van der Waals surface area contributed by atoms with Gasteiger partial charge in [0, 0.05) is 0 Å². The molecule has 70 valence electrons. The number of rotatable bonds is 5. The Morgan fingerprint density at radius 1 is 1.15 bits per heavy atom. The summed E-state index contributed by atoms with van der Waals surface area (Å²) in [6.45, 7) is 2.90. The molecule has 1 aromatic carbocycles. The van der Waals surface area contributed by atoms with E-state index in [1.165, 1.54) is 0 Å². The van der Waals surface area contributed by atoms with Crippen LogP contribution in [-0.2, 0) is 0 Å². The zero-order valence-corrected chi connectivity index (χ0v) is 8.07. The van der Waals surface area contributed by atoms with E-state index in [1.54, 1.807) is 0 Å². The van der Waals surface area contributed by atoms with Crippen LogP contribution in [0.5, 0.6) is 5.75 Å². The van der Waals surface area contributed by atoms with Gasteiger partial charge in [-0.1, -0.05) is 37.3 Å². The van der Waals surface area contributed by atoms with Crippen LogP contribution in [-0.4, -0.2) is 6.61 Å². The first-order valence-electron chi connectivity index (χ1n) is 4.76. The largest absolute Gasteiger partial charge is 0.493 e. The third-order valence-corrected chi connectivity index (χ3v) is 1.70. The molecule has 0 aliphatic heterocycles. The van der Waals surface area contributed by atoms with Gasteiger partial charge in [0.1, 0.15) is 5.75 Å². The molecular formula is C12H16O. The van der Waals surface area contributed by atoms with E-state index in [2.05, 4.69) is 19.1 Å². The summed E-state index contributed by atoms with van der Waals surface area (Å²) in [5.41, 5.74) is 0. The lowest BCUT2D eigenvalue weighted by Gasteiger charge is -2.02. The van der Waals surface area contributed by atoms with Gasteiger partial charge in [0.2, 0.25) is 0 Å².